The first-order valence-corrected chi connectivity index (χ1v) is 3.66. The van der Waals surface area contributed by atoms with E-state index in [2.05, 4.69) is 4.99 Å². The summed E-state index contributed by atoms with van der Waals surface area (Å²) in [5, 5.41) is 8.83. The predicted molar refractivity (Wildman–Crippen MR) is 41.1 cm³/mol. The number of aliphatic hydroxyl groups excluding tert-OH is 1. The lowest BCUT2D eigenvalue weighted by Gasteiger charge is -2.09. The third-order valence-corrected chi connectivity index (χ3v) is 2.01. The van der Waals surface area contributed by atoms with Crippen molar-refractivity contribution in [2.24, 2.45) is 4.99 Å². The van der Waals surface area contributed by atoms with Gasteiger partial charge in [-0.15, -0.1) is 0 Å². The Bertz CT molecular complexity index is 185. The lowest BCUT2D eigenvalue weighted by molar-refractivity contribution is -0.744. The Morgan fingerprint density at radius 3 is 2.73 bits per heavy atom. The summed E-state index contributed by atoms with van der Waals surface area (Å²) in [7, 11) is 1.64. The zero-order valence-corrected chi connectivity index (χ0v) is 6.66. The third kappa shape index (κ3) is 1.64. The van der Waals surface area contributed by atoms with Crippen LogP contribution in [0, 0.1) is 0 Å². The summed E-state index contributed by atoms with van der Waals surface area (Å²) in [6.45, 7) is 1.51. The number of hydrogen-bond donors (Lipinski definition) is 1. The van der Waals surface area contributed by atoms with Gasteiger partial charge in [-0.05, 0) is 0 Å². The Balaban J connectivity index is 2.41. The van der Waals surface area contributed by atoms with Gasteiger partial charge in [-0.1, -0.05) is 0 Å². The normalized spacial score (nSPS) is 20.5. The maximum atomic E-state index is 11.2. The molecule has 1 heterocycles. The molecule has 0 unspecified atom stereocenters. The second-order valence-corrected chi connectivity index (χ2v) is 2.77. The number of amides is 1. The Hall–Kier alpha value is -0.740. The van der Waals surface area contributed by atoms with Gasteiger partial charge in [0, 0.05) is 13.3 Å². The molecule has 4 nitrogen and oxygen atoms in total. The summed E-state index contributed by atoms with van der Waals surface area (Å²) in [6.07, 6.45) is 1.92. The van der Waals surface area contributed by atoms with Crippen LogP contribution in [-0.2, 0) is 4.79 Å². The molecule has 11 heavy (non-hydrogen) atoms. The minimum Gasteiger partial charge on any atom is -0.347 e. The van der Waals surface area contributed by atoms with E-state index in [1.54, 1.807) is 13.3 Å². The molecule has 1 rings (SSSR count). The smallest absolute Gasteiger partial charge is 0.321 e. The van der Waals surface area contributed by atoms with E-state index < -0.39 is 0 Å². The topological polar surface area (TPSA) is 49.7 Å². The van der Waals surface area contributed by atoms with Crippen LogP contribution in [0.25, 0.3) is 0 Å². The predicted octanol–water partition coefficient (Wildman–Crippen LogP) is -0.616. The maximum Gasteiger partial charge on any atom is 0.321 e. The quantitative estimate of drug-likeness (QED) is 0.337. The second-order valence-electron chi connectivity index (χ2n) is 2.77. The van der Waals surface area contributed by atoms with Crippen LogP contribution in [0.4, 0.5) is 0 Å². The highest BCUT2D eigenvalue weighted by atomic mass is 16.3. The van der Waals surface area contributed by atoms with Gasteiger partial charge in [0.2, 0.25) is 0 Å². The molecule has 0 spiro atoms. The summed E-state index contributed by atoms with van der Waals surface area (Å²) in [5.74, 6) is 0.0677. The molecule has 0 radical (unpaired) electrons. The van der Waals surface area contributed by atoms with E-state index in [0.717, 1.165) is 13.1 Å². The zero-order valence-electron chi connectivity index (χ0n) is 6.66. The fourth-order valence-corrected chi connectivity index (χ4v) is 0.953. The monoisotopic (exact) mass is 157 g/mol. The fraction of sp³-hybridized carbons (Fsp3) is 0.714. The molecular weight excluding hydrogens is 144 g/mol. The van der Waals surface area contributed by atoms with Gasteiger partial charge in [-0.25, -0.2) is 9.28 Å². The molecule has 0 saturated carbocycles. The highest BCUT2D eigenvalue weighted by Gasteiger charge is 2.48. The van der Waals surface area contributed by atoms with E-state index in [-0.39, 0.29) is 17.1 Å². The van der Waals surface area contributed by atoms with Gasteiger partial charge in [0.15, 0.2) is 6.73 Å². The number of aliphatic hydroxyl groups is 1. The van der Waals surface area contributed by atoms with E-state index in [4.69, 9.17) is 5.11 Å². The van der Waals surface area contributed by atoms with Gasteiger partial charge in [0.1, 0.15) is 13.1 Å². The zero-order chi connectivity index (χ0) is 8.32. The van der Waals surface area contributed by atoms with Crippen molar-refractivity contribution in [2.45, 2.75) is 6.42 Å². The lowest BCUT2D eigenvalue weighted by atomic mass is 10.4. The molecule has 4 heteroatoms. The van der Waals surface area contributed by atoms with Crippen LogP contribution in [0.1, 0.15) is 6.42 Å². The summed E-state index contributed by atoms with van der Waals surface area (Å²) < 4.78 is 0.242. The van der Waals surface area contributed by atoms with Crippen LogP contribution in [-0.4, -0.2) is 48.6 Å². The van der Waals surface area contributed by atoms with E-state index >= 15 is 0 Å². The highest BCUT2D eigenvalue weighted by Crippen LogP contribution is 2.20. The first-order valence-electron chi connectivity index (χ1n) is 3.66. The van der Waals surface area contributed by atoms with E-state index in [0.29, 0.717) is 6.42 Å². The summed E-state index contributed by atoms with van der Waals surface area (Å²) in [6, 6.07) is 0. The van der Waals surface area contributed by atoms with Gasteiger partial charge in [-0.2, -0.15) is 0 Å². The number of aliphatic imine (C=N–C) groups is 1. The van der Waals surface area contributed by atoms with Crippen LogP contribution in [0.15, 0.2) is 4.99 Å². The summed E-state index contributed by atoms with van der Waals surface area (Å²) >= 11 is 0. The molecule has 0 aliphatic carbocycles. The SMILES string of the molecule is CN=CCC(=O)[N+]1(CO)CC1. The fourth-order valence-electron chi connectivity index (χ4n) is 0.953. The number of carbonyl (C=O) groups excluding carboxylic acids is 1. The first-order chi connectivity index (χ1) is 5.25. The number of quaternary nitrogens is 1. The van der Waals surface area contributed by atoms with Crippen LogP contribution in [0.3, 0.4) is 0 Å². The Kier molecular flexibility index (Phi) is 2.36. The Morgan fingerprint density at radius 1 is 1.73 bits per heavy atom. The Labute approximate surface area is 65.7 Å². The molecule has 62 valence electrons. The molecule has 1 N–H and O–H groups in total. The van der Waals surface area contributed by atoms with Crippen molar-refractivity contribution in [1.82, 2.24) is 0 Å². The van der Waals surface area contributed by atoms with Crippen LogP contribution >= 0.6 is 0 Å². The number of hydrogen-bond acceptors (Lipinski definition) is 3. The molecule has 1 fully saturated rings. The Morgan fingerprint density at radius 2 is 2.36 bits per heavy atom. The van der Waals surface area contributed by atoms with Crippen LogP contribution < -0.4 is 0 Å². The minimum absolute atomic E-state index is 0.0591. The molecule has 1 aliphatic heterocycles. The van der Waals surface area contributed by atoms with Gasteiger partial charge in [0.05, 0.1) is 6.42 Å². The first kappa shape index (κ1) is 8.36. The maximum absolute atomic E-state index is 11.2. The molecule has 1 saturated heterocycles. The van der Waals surface area contributed by atoms with Crippen molar-refractivity contribution >= 4 is 12.1 Å². The molecule has 0 aromatic heterocycles. The van der Waals surface area contributed by atoms with Gasteiger partial charge in [0.25, 0.3) is 0 Å². The van der Waals surface area contributed by atoms with Crippen molar-refractivity contribution in [3.8, 4) is 0 Å². The lowest BCUT2D eigenvalue weighted by Crippen LogP contribution is -2.34. The summed E-state index contributed by atoms with van der Waals surface area (Å²) in [5.41, 5.74) is 0. The van der Waals surface area contributed by atoms with Crippen molar-refractivity contribution in [1.29, 1.82) is 0 Å². The average molecular weight is 157 g/mol. The van der Waals surface area contributed by atoms with Crippen LogP contribution in [0.5, 0.6) is 0 Å². The largest absolute Gasteiger partial charge is 0.347 e. The molecular formula is C7H13N2O2+. The number of carbonyl (C=O) groups is 1. The summed E-state index contributed by atoms with van der Waals surface area (Å²) in [4.78, 5) is 15.0. The molecule has 1 amide bonds. The van der Waals surface area contributed by atoms with Crippen molar-refractivity contribution in [2.75, 3.05) is 26.9 Å². The standard InChI is InChI=1S/C7H13N2O2/c1-8-3-2-7(11)9(6-10)4-5-9/h3,10H,2,4-6H2,1H3/q+1. The second kappa shape index (κ2) is 3.11. The minimum atomic E-state index is -0.0591. The van der Waals surface area contributed by atoms with Gasteiger partial charge < -0.3 is 10.1 Å². The van der Waals surface area contributed by atoms with E-state index in [1.807, 2.05) is 0 Å². The average Bonchev–Trinajstić information content (AvgIpc) is 2.80. The van der Waals surface area contributed by atoms with E-state index in [9.17, 15) is 4.79 Å². The van der Waals surface area contributed by atoms with Crippen molar-refractivity contribution < 1.29 is 14.4 Å². The molecule has 1 aliphatic rings. The van der Waals surface area contributed by atoms with Crippen LogP contribution in [0.2, 0.25) is 0 Å². The molecule has 0 aromatic carbocycles. The number of rotatable bonds is 3. The van der Waals surface area contributed by atoms with Gasteiger partial charge >= 0.3 is 5.91 Å². The highest BCUT2D eigenvalue weighted by molar-refractivity contribution is 5.86. The van der Waals surface area contributed by atoms with Gasteiger partial charge in [-0.3, -0.25) is 0 Å². The van der Waals surface area contributed by atoms with Crippen molar-refractivity contribution in [3.63, 3.8) is 0 Å². The number of nitrogens with zero attached hydrogens (tertiary/aromatic N) is 2. The molecule has 0 bridgehead atoms. The third-order valence-electron chi connectivity index (χ3n) is 2.01. The molecule has 0 aromatic rings. The van der Waals surface area contributed by atoms with E-state index in [1.165, 1.54) is 0 Å². The molecule has 0 atom stereocenters. The van der Waals surface area contributed by atoms with Crippen molar-refractivity contribution in [3.05, 3.63) is 0 Å².